The lowest BCUT2D eigenvalue weighted by Crippen LogP contribution is -2.65. The Morgan fingerprint density at radius 2 is 1.65 bits per heavy atom. The van der Waals surface area contributed by atoms with E-state index < -0.39 is 58.0 Å². The molecule has 13 nitrogen and oxygen atoms in total. The summed E-state index contributed by atoms with van der Waals surface area (Å²) in [6.07, 6.45) is 0.190. The fourth-order valence-electron chi connectivity index (χ4n) is 8.10. The number of phenols is 1. The van der Waals surface area contributed by atoms with Crippen LogP contribution in [0.3, 0.4) is 0 Å². The number of furan rings is 1. The van der Waals surface area contributed by atoms with Gasteiger partial charge in [0.1, 0.15) is 34.4 Å². The van der Waals surface area contributed by atoms with Gasteiger partial charge in [0, 0.05) is 50.9 Å². The number of amides is 1. The third-order valence-corrected chi connectivity index (χ3v) is 10.6. The second-order valence-electron chi connectivity index (χ2n) is 14.8. The molecule has 0 bridgehead atoms. The monoisotopic (exact) mass is 713 g/mol. The first kappa shape index (κ1) is 36.8. The molecule has 0 saturated heterocycles. The number of nitrogens with zero attached hydrogens (tertiary/aromatic N) is 4. The van der Waals surface area contributed by atoms with Crippen molar-refractivity contribution in [2.75, 3.05) is 60.3 Å². The van der Waals surface area contributed by atoms with Crippen LogP contribution < -0.4 is 10.6 Å². The molecule has 3 aliphatic carbocycles. The zero-order valence-corrected chi connectivity index (χ0v) is 30.4. The molecule has 0 spiro atoms. The molecule has 13 heteroatoms. The van der Waals surface area contributed by atoms with Crippen LogP contribution in [0, 0.1) is 11.8 Å². The minimum Gasteiger partial charge on any atom is -0.508 e. The number of ketones is 2. The van der Waals surface area contributed by atoms with Gasteiger partial charge in [-0.1, -0.05) is 30.3 Å². The van der Waals surface area contributed by atoms with Crippen LogP contribution in [-0.2, 0) is 33.9 Å². The lowest BCUT2D eigenvalue weighted by atomic mass is 9.57. The Kier molecular flexibility index (Phi) is 9.83. The first-order valence-corrected chi connectivity index (χ1v) is 17.3. The number of nitrogens with two attached hydrogens (primary N) is 1. The van der Waals surface area contributed by atoms with Crippen molar-refractivity contribution in [3.05, 3.63) is 87.9 Å². The van der Waals surface area contributed by atoms with E-state index in [1.807, 2.05) is 57.4 Å². The molecule has 0 unspecified atom stereocenters. The number of Topliss-reactive ketones (excluding diaryl/α,β-unsaturated/α-hetero) is 2. The number of likely N-dealkylation sites (N-methyl/N-ethyl adjacent to an activating group) is 2. The summed E-state index contributed by atoms with van der Waals surface area (Å²) in [5.41, 5.74) is 4.38. The van der Waals surface area contributed by atoms with Gasteiger partial charge in [0.25, 0.3) is 5.91 Å². The largest absolute Gasteiger partial charge is 0.508 e. The molecule has 6 rings (SSSR count). The molecule has 6 N–H and O–H groups in total. The molecule has 1 saturated carbocycles. The van der Waals surface area contributed by atoms with Crippen molar-refractivity contribution in [3.63, 3.8) is 0 Å². The number of phenolic OH excluding ortho intramolecular Hbond substituents is 1. The van der Waals surface area contributed by atoms with Gasteiger partial charge in [-0.05, 0) is 76.3 Å². The Balaban J connectivity index is 1.42. The van der Waals surface area contributed by atoms with E-state index in [-0.39, 0.29) is 35.3 Å². The zero-order valence-electron chi connectivity index (χ0n) is 30.4. The number of carbonyl (C=O) groups excluding carboxylic acids is 3. The van der Waals surface area contributed by atoms with E-state index >= 15 is 0 Å². The minimum atomic E-state index is -2.71. The third-order valence-electron chi connectivity index (χ3n) is 10.6. The predicted octanol–water partition coefficient (Wildman–Crippen LogP) is 2.85. The number of hydrogen-bond acceptors (Lipinski definition) is 12. The maximum atomic E-state index is 14.3. The van der Waals surface area contributed by atoms with Crippen molar-refractivity contribution >= 4 is 28.9 Å². The number of carbonyl (C=O) groups is 3. The van der Waals surface area contributed by atoms with Crippen LogP contribution in [0.15, 0.2) is 69.9 Å². The number of aromatic hydroxyl groups is 1. The van der Waals surface area contributed by atoms with Crippen LogP contribution in [0.25, 0.3) is 17.1 Å². The van der Waals surface area contributed by atoms with Crippen LogP contribution in [-0.4, -0.2) is 120 Å². The molecular weight excluding hydrogens is 666 g/mol. The highest BCUT2D eigenvalue weighted by Gasteiger charge is 2.64. The normalized spacial score (nSPS) is 23.0. The Hall–Kier alpha value is -4.95. The summed E-state index contributed by atoms with van der Waals surface area (Å²) in [5, 5.41) is 46.9. The maximum Gasteiger partial charge on any atom is 0.255 e. The quantitative estimate of drug-likeness (QED) is 0.184. The Bertz CT molecular complexity index is 1980. The molecule has 1 fully saturated rings. The maximum absolute atomic E-state index is 14.3. The van der Waals surface area contributed by atoms with E-state index in [1.165, 1.54) is 4.90 Å². The molecule has 1 aromatic heterocycles. The van der Waals surface area contributed by atoms with Gasteiger partial charge in [-0.3, -0.25) is 24.2 Å². The van der Waals surface area contributed by atoms with Crippen molar-refractivity contribution < 1.29 is 39.2 Å². The van der Waals surface area contributed by atoms with Crippen LogP contribution >= 0.6 is 0 Å². The summed E-state index contributed by atoms with van der Waals surface area (Å²) in [6.45, 7) is 2.83. The van der Waals surface area contributed by atoms with Gasteiger partial charge in [0.15, 0.2) is 11.4 Å². The fourth-order valence-corrected chi connectivity index (χ4v) is 8.10. The fraction of sp³-hybridized carbons (Fsp3) is 0.410. The molecule has 2 aromatic carbocycles. The van der Waals surface area contributed by atoms with E-state index in [0.717, 1.165) is 18.7 Å². The van der Waals surface area contributed by atoms with Crippen molar-refractivity contribution in [3.8, 4) is 17.1 Å². The van der Waals surface area contributed by atoms with Crippen molar-refractivity contribution in [2.24, 2.45) is 17.6 Å². The van der Waals surface area contributed by atoms with E-state index in [2.05, 4.69) is 21.9 Å². The molecule has 276 valence electrons. The van der Waals surface area contributed by atoms with Crippen LogP contribution in [0.4, 0.5) is 5.69 Å². The molecule has 4 atom stereocenters. The zero-order chi connectivity index (χ0) is 37.8. The standard InChI is InChI=1S/C39H47N5O8/c1-41(2)14-15-44(19-21-10-8-7-9-11-21)20-23-12-13-28(52-23)25-18-27(42(3)4)24-16-22-17-26-32(43(5)6)35(47)31(38(40)50)37(49)39(26,51)36(48)29(22)34(46)30(24)33(25)45/h7-13,18,22,26,32,45-46,49,51H,14-17,19-20H2,1-6H3,(H2,40,50)/t22-,26-,32-,39-/m0/s1. The highest BCUT2D eigenvalue weighted by atomic mass is 16.4. The van der Waals surface area contributed by atoms with Gasteiger partial charge < -0.3 is 40.4 Å². The highest BCUT2D eigenvalue weighted by Crippen LogP contribution is 2.55. The summed E-state index contributed by atoms with van der Waals surface area (Å²) < 4.78 is 6.34. The van der Waals surface area contributed by atoms with Gasteiger partial charge in [-0.15, -0.1) is 0 Å². The molecule has 1 amide bonds. The second-order valence-corrected chi connectivity index (χ2v) is 14.8. The molecular formula is C39H47N5O8. The summed E-state index contributed by atoms with van der Waals surface area (Å²) in [7, 11) is 10.8. The van der Waals surface area contributed by atoms with E-state index in [1.54, 1.807) is 26.2 Å². The third kappa shape index (κ3) is 6.17. The lowest BCUT2D eigenvalue weighted by molar-refractivity contribution is -0.153. The minimum absolute atomic E-state index is 0.00660. The van der Waals surface area contributed by atoms with Crippen molar-refractivity contribution in [1.82, 2.24) is 14.7 Å². The number of primary amides is 1. The molecule has 1 heterocycles. The molecule has 0 radical (unpaired) electrons. The topological polar surface area (TPSA) is 184 Å². The van der Waals surface area contributed by atoms with E-state index in [9.17, 15) is 34.8 Å². The van der Waals surface area contributed by atoms with Gasteiger partial charge >= 0.3 is 0 Å². The second kappa shape index (κ2) is 13.9. The Labute approximate surface area is 302 Å². The number of fused-ring (bicyclic) bond motifs is 3. The lowest BCUT2D eigenvalue weighted by Gasteiger charge is -2.50. The smallest absolute Gasteiger partial charge is 0.255 e. The summed E-state index contributed by atoms with van der Waals surface area (Å²) in [4.78, 5) is 47.8. The van der Waals surface area contributed by atoms with Crippen molar-refractivity contribution in [1.29, 1.82) is 0 Å². The Morgan fingerprint density at radius 3 is 2.27 bits per heavy atom. The summed E-state index contributed by atoms with van der Waals surface area (Å²) >= 11 is 0. The average Bonchev–Trinajstić information content (AvgIpc) is 3.53. The van der Waals surface area contributed by atoms with Gasteiger partial charge in [-0.25, -0.2) is 0 Å². The van der Waals surface area contributed by atoms with Crippen molar-refractivity contribution in [2.45, 2.75) is 37.6 Å². The highest BCUT2D eigenvalue weighted by molar-refractivity contribution is 6.24. The van der Waals surface area contributed by atoms with Gasteiger partial charge in [0.2, 0.25) is 5.78 Å². The van der Waals surface area contributed by atoms with E-state index in [0.29, 0.717) is 35.9 Å². The average molecular weight is 714 g/mol. The number of aliphatic hydroxyl groups is 3. The molecule has 3 aromatic rings. The molecule has 52 heavy (non-hydrogen) atoms. The number of hydrogen-bond donors (Lipinski definition) is 5. The van der Waals surface area contributed by atoms with Gasteiger partial charge in [0.05, 0.1) is 23.7 Å². The van der Waals surface area contributed by atoms with Crippen LogP contribution in [0.2, 0.25) is 0 Å². The van der Waals surface area contributed by atoms with Crippen LogP contribution in [0.1, 0.15) is 28.9 Å². The molecule has 3 aliphatic rings. The number of anilines is 1. The summed E-state index contributed by atoms with van der Waals surface area (Å²) in [6, 6.07) is 14.4. The van der Waals surface area contributed by atoms with E-state index in [4.69, 9.17) is 10.2 Å². The first-order valence-electron chi connectivity index (χ1n) is 17.3. The predicted molar refractivity (Wildman–Crippen MR) is 195 cm³/mol. The SMILES string of the molecule is CN(C)CCN(Cc1ccccc1)Cc1ccc(-c2cc(N(C)C)c3c(c2O)C(O)=C2C(=O)[C@]4(O)C(O)=C(C(N)=O)C(=O)[C@@H](N(C)C)[C@@H]4C[C@@H]2C3)o1. The number of benzene rings is 2. The summed E-state index contributed by atoms with van der Waals surface area (Å²) in [5.74, 6) is -5.92. The first-order chi connectivity index (χ1) is 24.6. The van der Waals surface area contributed by atoms with Crippen LogP contribution in [0.5, 0.6) is 5.75 Å². The van der Waals surface area contributed by atoms with Gasteiger partial charge in [-0.2, -0.15) is 0 Å². The molecule has 0 aliphatic heterocycles. The Morgan fingerprint density at radius 1 is 0.962 bits per heavy atom. The number of aliphatic hydroxyl groups excluding tert-OH is 2. The number of rotatable bonds is 11.